The van der Waals surface area contributed by atoms with E-state index in [0.29, 0.717) is 83.9 Å². The van der Waals surface area contributed by atoms with E-state index in [1.54, 1.807) is 36.4 Å². The molecule has 1 saturated heterocycles. The first-order valence-corrected chi connectivity index (χ1v) is 11.4. The second kappa shape index (κ2) is 9.27. The summed E-state index contributed by atoms with van der Waals surface area (Å²) in [5.74, 6) is 1.26. The molecule has 2 aromatic rings. The van der Waals surface area contributed by atoms with E-state index in [-0.39, 0.29) is 11.7 Å². The largest absolute Gasteiger partial charge is 0.492 e. The zero-order valence-electron chi connectivity index (χ0n) is 16.8. The van der Waals surface area contributed by atoms with Crippen molar-refractivity contribution in [3.05, 3.63) is 57.0 Å². The van der Waals surface area contributed by atoms with Gasteiger partial charge in [0.25, 0.3) is 0 Å². The Kier molecular flexibility index (Phi) is 6.65. The van der Waals surface area contributed by atoms with E-state index in [9.17, 15) is 9.59 Å². The Morgan fingerprint density at radius 1 is 1.06 bits per heavy atom. The smallest absolute Gasteiger partial charge is 0.222 e. The monoisotopic (exact) mass is 481 g/mol. The Balaban J connectivity index is 1.25. The molecule has 0 aliphatic carbocycles. The van der Waals surface area contributed by atoms with Gasteiger partial charge in [-0.05, 0) is 42.8 Å². The number of ketones is 1. The molecule has 0 radical (unpaired) electrons. The molecule has 5 nitrogen and oxygen atoms in total. The SMILES string of the molecule is O=C1CC2(CCN(C(=O)CCCOc3ccc(Cl)cc3Cl)CC2)Oc2ccc(Cl)cc21. The number of halogens is 3. The molecular formula is C23H22Cl3NO4. The van der Waals surface area contributed by atoms with Crippen molar-refractivity contribution in [1.29, 1.82) is 0 Å². The average molecular weight is 483 g/mol. The lowest BCUT2D eigenvalue weighted by Gasteiger charge is -2.44. The fraction of sp³-hybridized carbons (Fsp3) is 0.391. The topological polar surface area (TPSA) is 55.8 Å². The molecule has 1 spiro atoms. The van der Waals surface area contributed by atoms with Crippen LogP contribution in [0.1, 0.15) is 42.5 Å². The maximum atomic E-state index is 12.6. The highest BCUT2D eigenvalue weighted by Crippen LogP contribution is 2.40. The highest BCUT2D eigenvalue weighted by Gasteiger charge is 2.43. The number of Topliss-reactive ketones (excluding diaryl/α,β-unsaturated/α-hetero) is 1. The Morgan fingerprint density at radius 3 is 2.52 bits per heavy atom. The molecule has 2 aromatic carbocycles. The van der Waals surface area contributed by atoms with Crippen molar-refractivity contribution in [3.8, 4) is 11.5 Å². The number of piperidine rings is 1. The zero-order chi connectivity index (χ0) is 22.0. The van der Waals surface area contributed by atoms with Crippen LogP contribution in [0, 0.1) is 0 Å². The van der Waals surface area contributed by atoms with Crippen LogP contribution in [0.15, 0.2) is 36.4 Å². The molecule has 8 heteroatoms. The van der Waals surface area contributed by atoms with E-state index in [1.807, 2.05) is 4.90 Å². The molecule has 0 saturated carbocycles. The van der Waals surface area contributed by atoms with Crippen molar-refractivity contribution in [2.45, 2.75) is 37.7 Å². The van der Waals surface area contributed by atoms with Gasteiger partial charge in [0.05, 0.1) is 23.6 Å². The van der Waals surface area contributed by atoms with Gasteiger partial charge in [-0.1, -0.05) is 34.8 Å². The van der Waals surface area contributed by atoms with Crippen molar-refractivity contribution in [3.63, 3.8) is 0 Å². The molecule has 0 aromatic heterocycles. The van der Waals surface area contributed by atoms with Gasteiger partial charge >= 0.3 is 0 Å². The van der Waals surface area contributed by atoms with Crippen LogP contribution in [0.5, 0.6) is 11.5 Å². The number of rotatable bonds is 5. The molecule has 31 heavy (non-hydrogen) atoms. The number of nitrogens with zero attached hydrogens (tertiary/aromatic N) is 1. The molecule has 2 heterocycles. The number of carbonyl (C=O) groups excluding carboxylic acids is 2. The van der Waals surface area contributed by atoms with Gasteiger partial charge in [-0.3, -0.25) is 9.59 Å². The van der Waals surface area contributed by atoms with Crippen molar-refractivity contribution in [2.75, 3.05) is 19.7 Å². The predicted molar refractivity (Wildman–Crippen MR) is 121 cm³/mol. The zero-order valence-corrected chi connectivity index (χ0v) is 19.1. The molecule has 4 rings (SSSR count). The number of carbonyl (C=O) groups is 2. The number of ether oxygens (including phenoxy) is 2. The lowest BCUT2D eigenvalue weighted by atomic mass is 9.82. The Labute approximate surface area is 196 Å². The molecule has 0 atom stereocenters. The van der Waals surface area contributed by atoms with Gasteiger partial charge in [0, 0.05) is 42.4 Å². The van der Waals surface area contributed by atoms with E-state index in [2.05, 4.69) is 0 Å². The van der Waals surface area contributed by atoms with E-state index < -0.39 is 5.60 Å². The minimum absolute atomic E-state index is 0.0431. The Hall–Kier alpha value is -1.95. The minimum atomic E-state index is -0.539. The summed E-state index contributed by atoms with van der Waals surface area (Å²) in [7, 11) is 0. The van der Waals surface area contributed by atoms with Crippen molar-refractivity contribution in [1.82, 2.24) is 4.90 Å². The third-order valence-corrected chi connectivity index (χ3v) is 6.53. The maximum Gasteiger partial charge on any atom is 0.222 e. The normalized spacial score (nSPS) is 17.3. The molecule has 0 unspecified atom stereocenters. The fourth-order valence-electron chi connectivity index (χ4n) is 4.06. The van der Waals surface area contributed by atoms with Crippen LogP contribution < -0.4 is 9.47 Å². The summed E-state index contributed by atoms with van der Waals surface area (Å²) < 4.78 is 11.9. The molecular weight excluding hydrogens is 461 g/mol. The quantitative estimate of drug-likeness (QED) is 0.503. The van der Waals surface area contributed by atoms with Gasteiger partial charge in [0.2, 0.25) is 5.91 Å². The molecule has 0 N–H and O–H groups in total. The lowest BCUT2D eigenvalue weighted by molar-refractivity contribution is -0.135. The maximum absolute atomic E-state index is 12.6. The first kappa shape index (κ1) is 22.3. The molecule has 2 aliphatic rings. The molecule has 2 aliphatic heterocycles. The van der Waals surface area contributed by atoms with E-state index in [0.717, 1.165) is 0 Å². The standard InChI is InChI=1S/C23H22Cl3NO4/c24-15-3-5-20-17(12-15)19(28)14-23(31-20)7-9-27(10-8-23)22(29)2-1-11-30-21-6-4-16(25)13-18(21)26/h3-6,12-13H,1-2,7-11,14H2. The third kappa shape index (κ3) is 5.11. The van der Waals surface area contributed by atoms with Gasteiger partial charge in [0.15, 0.2) is 5.78 Å². The van der Waals surface area contributed by atoms with Crippen LogP contribution in [0.3, 0.4) is 0 Å². The van der Waals surface area contributed by atoms with E-state index in [4.69, 9.17) is 44.3 Å². The van der Waals surface area contributed by atoms with E-state index in [1.165, 1.54) is 0 Å². The summed E-state index contributed by atoms with van der Waals surface area (Å²) in [4.78, 5) is 27.0. The van der Waals surface area contributed by atoms with Gasteiger partial charge in [-0.2, -0.15) is 0 Å². The number of hydrogen-bond donors (Lipinski definition) is 0. The van der Waals surface area contributed by atoms with Crippen LogP contribution in [0.4, 0.5) is 0 Å². The first-order chi connectivity index (χ1) is 14.8. The number of amides is 1. The first-order valence-electron chi connectivity index (χ1n) is 10.2. The van der Waals surface area contributed by atoms with Gasteiger partial charge in [0.1, 0.15) is 17.1 Å². The average Bonchev–Trinajstić information content (AvgIpc) is 2.73. The molecule has 1 amide bonds. The third-order valence-electron chi connectivity index (χ3n) is 5.77. The van der Waals surface area contributed by atoms with Crippen molar-refractivity contribution < 1.29 is 19.1 Å². The lowest BCUT2D eigenvalue weighted by Crippen LogP contribution is -2.52. The number of benzene rings is 2. The summed E-state index contributed by atoms with van der Waals surface area (Å²) in [5.41, 5.74) is 0.000724. The predicted octanol–water partition coefficient (Wildman–Crippen LogP) is 5.83. The molecule has 0 bridgehead atoms. The van der Waals surface area contributed by atoms with Crippen molar-refractivity contribution in [2.24, 2.45) is 0 Å². The van der Waals surface area contributed by atoms with Crippen LogP contribution in [-0.2, 0) is 4.79 Å². The summed E-state index contributed by atoms with van der Waals surface area (Å²) in [6.45, 7) is 1.53. The van der Waals surface area contributed by atoms with Crippen LogP contribution in [0.2, 0.25) is 15.1 Å². The second-order valence-electron chi connectivity index (χ2n) is 7.93. The number of hydrogen-bond acceptors (Lipinski definition) is 4. The summed E-state index contributed by atoms with van der Waals surface area (Å²) in [6.07, 6.45) is 2.55. The van der Waals surface area contributed by atoms with Crippen LogP contribution in [0.25, 0.3) is 0 Å². The number of likely N-dealkylation sites (tertiary alicyclic amines) is 1. The van der Waals surface area contributed by atoms with Gasteiger partial charge in [-0.25, -0.2) is 0 Å². The fourth-order valence-corrected chi connectivity index (χ4v) is 4.70. The second-order valence-corrected chi connectivity index (χ2v) is 9.21. The minimum Gasteiger partial charge on any atom is -0.492 e. The number of fused-ring (bicyclic) bond motifs is 1. The summed E-state index contributed by atoms with van der Waals surface area (Å²) >= 11 is 18.0. The van der Waals surface area contributed by atoms with Gasteiger partial charge < -0.3 is 14.4 Å². The molecule has 164 valence electrons. The highest BCUT2D eigenvalue weighted by molar-refractivity contribution is 6.35. The van der Waals surface area contributed by atoms with Gasteiger partial charge in [-0.15, -0.1) is 0 Å². The summed E-state index contributed by atoms with van der Waals surface area (Å²) in [6, 6.07) is 10.2. The van der Waals surface area contributed by atoms with Crippen molar-refractivity contribution >= 4 is 46.5 Å². The van der Waals surface area contributed by atoms with Crippen LogP contribution >= 0.6 is 34.8 Å². The summed E-state index contributed by atoms with van der Waals surface area (Å²) in [5, 5.41) is 1.52. The highest BCUT2D eigenvalue weighted by atomic mass is 35.5. The Bertz CT molecular complexity index is 1000. The Morgan fingerprint density at radius 2 is 1.77 bits per heavy atom. The molecule has 1 fully saturated rings. The van der Waals surface area contributed by atoms with E-state index >= 15 is 0 Å². The van der Waals surface area contributed by atoms with Crippen LogP contribution in [-0.4, -0.2) is 41.9 Å².